The molecule has 0 radical (unpaired) electrons. The van der Waals surface area contributed by atoms with Crippen LogP contribution < -0.4 is 4.74 Å². The van der Waals surface area contributed by atoms with E-state index in [2.05, 4.69) is 82.9 Å². The van der Waals surface area contributed by atoms with Crippen molar-refractivity contribution in [2.45, 2.75) is 43.6 Å². The van der Waals surface area contributed by atoms with Crippen molar-refractivity contribution in [1.29, 1.82) is 0 Å². The Morgan fingerprint density at radius 3 is 2.49 bits per heavy atom. The van der Waals surface area contributed by atoms with E-state index >= 15 is 0 Å². The molecule has 2 aromatic carbocycles. The summed E-state index contributed by atoms with van der Waals surface area (Å²) in [6, 6.07) is 20.8. The second kappa shape index (κ2) is 9.92. The van der Waals surface area contributed by atoms with E-state index in [1.54, 1.807) is 24.8 Å². The van der Waals surface area contributed by atoms with Crippen molar-refractivity contribution in [3.8, 4) is 17.0 Å². The second-order valence-electron chi connectivity index (χ2n) is 9.41. The molecule has 0 aliphatic carbocycles. The Morgan fingerprint density at radius 2 is 1.77 bits per heavy atom. The average molecular weight is 481 g/mol. The van der Waals surface area contributed by atoms with E-state index in [9.17, 15) is 0 Å². The van der Waals surface area contributed by atoms with Crippen LogP contribution in [0.25, 0.3) is 22.2 Å². The minimum Gasteiger partial charge on any atom is -0.487 e. The maximum atomic E-state index is 6.08. The van der Waals surface area contributed by atoms with Crippen LogP contribution in [0.3, 0.4) is 0 Å². The predicted octanol–water partition coefficient (Wildman–Crippen LogP) is 7.01. The molecule has 35 heavy (non-hydrogen) atoms. The fourth-order valence-corrected chi connectivity index (χ4v) is 5.06. The molecule has 0 atom stereocenters. The zero-order chi connectivity index (χ0) is 24.3. The Kier molecular flexibility index (Phi) is 6.55. The molecule has 3 aromatic heterocycles. The van der Waals surface area contributed by atoms with Crippen LogP contribution in [0.4, 0.5) is 0 Å². The van der Waals surface area contributed by atoms with Gasteiger partial charge in [-0.3, -0.25) is 15.0 Å². The van der Waals surface area contributed by atoms with Crippen LogP contribution in [0.5, 0.6) is 5.75 Å². The lowest BCUT2D eigenvalue weighted by atomic mass is 10.1. The minimum atomic E-state index is 0.0995. The molecule has 0 bridgehead atoms. The van der Waals surface area contributed by atoms with Gasteiger partial charge < -0.3 is 9.30 Å². The summed E-state index contributed by atoms with van der Waals surface area (Å²) in [7, 11) is 0. The molecule has 0 spiro atoms. The molecule has 5 nitrogen and oxygen atoms in total. The summed E-state index contributed by atoms with van der Waals surface area (Å²) in [6.45, 7) is 7.97. The minimum absolute atomic E-state index is 0.0995. The number of ether oxygens (including phenoxy) is 1. The number of thioether (sulfide) groups is 1. The molecular formula is C29H28N4OS. The van der Waals surface area contributed by atoms with E-state index in [-0.39, 0.29) is 4.75 Å². The van der Waals surface area contributed by atoms with Crippen LogP contribution in [0.15, 0.2) is 96.5 Å². The summed E-state index contributed by atoms with van der Waals surface area (Å²) in [5.74, 6) is 0.852. The summed E-state index contributed by atoms with van der Waals surface area (Å²) in [6.07, 6.45) is 9.26. The van der Waals surface area contributed by atoms with E-state index in [1.807, 2.05) is 36.0 Å². The zero-order valence-corrected chi connectivity index (χ0v) is 21.0. The van der Waals surface area contributed by atoms with Crippen LogP contribution >= 0.6 is 11.8 Å². The number of hydrogen-bond acceptors (Lipinski definition) is 5. The Labute approximate surface area is 210 Å². The van der Waals surface area contributed by atoms with Gasteiger partial charge in [-0.25, -0.2) is 0 Å². The fraction of sp³-hybridized carbons (Fsp3) is 0.207. The molecule has 0 amide bonds. The molecule has 0 unspecified atom stereocenters. The number of benzene rings is 2. The smallest absolute Gasteiger partial charge is 0.130 e. The van der Waals surface area contributed by atoms with Gasteiger partial charge in [0.2, 0.25) is 0 Å². The first kappa shape index (κ1) is 23.1. The number of fused-ring (bicyclic) bond motifs is 1. The summed E-state index contributed by atoms with van der Waals surface area (Å²) in [5.41, 5.74) is 5.29. The molecule has 0 aliphatic heterocycles. The SMILES string of the molecule is CC(C)(C)Sc1cn(Cc2ccc(-c3cnccn3)cc2)c2ccc(OCc3ccccn3)cc12. The lowest BCUT2D eigenvalue weighted by Crippen LogP contribution is -2.06. The third-order valence-electron chi connectivity index (χ3n) is 5.51. The molecule has 0 aliphatic rings. The first-order chi connectivity index (χ1) is 16.9. The lowest BCUT2D eigenvalue weighted by molar-refractivity contribution is 0.301. The number of rotatable bonds is 7. The molecule has 3 heterocycles. The predicted molar refractivity (Wildman–Crippen MR) is 143 cm³/mol. The van der Waals surface area contributed by atoms with Crippen LogP contribution in [0, 0.1) is 0 Å². The van der Waals surface area contributed by atoms with Crippen molar-refractivity contribution >= 4 is 22.7 Å². The van der Waals surface area contributed by atoms with Gasteiger partial charge in [0.15, 0.2) is 0 Å². The highest BCUT2D eigenvalue weighted by atomic mass is 32.2. The molecule has 0 saturated heterocycles. The highest BCUT2D eigenvalue weighted by Crippen LogP contribution is 2.39. The maximum absolute atomic E-state index is 6.08. The van der Waals surface area contributed by atoms with Crippen molar-refractivity contribution in [1.82, 2.24) is 19.5 Å². The summed E-state index contributed by atoms with van der Waals surface area (Å²) in [5, 5.41) is 1.21. The third kappa shape index (κ3) is 5.72. The molecule has 5 rings (SSSR count). The van der Waals surface area contributed by atoms with Gasteiger partial charge in [-0.2, -0.15) is 0 Å². The average Bonchev–Trinajstić information content (AvgIpc) is 3.19. The van der Waals surface area contributed by atoms with Gasteiger partial charge in [0.25, 0.3) is 0 Å². The normalized spacial score (nSPS) is 11.6. The highest BCUT2D eigenvalue weighted by Gasteiger charge is 2.18. The van der Waals surface area contributed by atoms with Gasteiger partial charge in [0.1, 0.15) is 12.4 Å². The number of aromatic nitrogens is 4. The van der Waals surface area contributed by atoms with Gasteiger partial charge in [-0.05, 0) is 35.9 Å². The zero-order valence-electron chi connectivity index (χ0n) is 20.2. The molecule has 0 fully saturated rings. The Balaban J connectivity index is 1.42. The van der Waals surface area contributed by atoms with Gasteiger partial charge in [0.05, 0.1) is 17.6 Å². The molecule has 6 heteroatoms. The molecule has 5 aromatic rings. The van der Waals surface area contributed by atoms with Gasteiger partial charge in [0, 0.05) is 57.4 Å². The standard InChI is InChI=1S/C29H28N4OS/c1-29(2,3)35-28-19-33(18-21-7-9-22(10-8-21)26-17-30-14-15-32-26)27-12-11-24(16-25(27)28)34-20-23-6-4-5-13-31-23/h4-17,19H,18,20H2,1-3H3. The van der Waals surface area contributed by atoms with Gasteiger partial charge >= 0.3 is 0 Å². The van der Waals surface area contributed by atoms with Crippen LogP contribution in [-0.2, 0) is 13.2 Å². The van der Waals surface area contributed by atoms with E-state index in [0.717, 1.165) is 29.2 Å². The highest BCUT2D eigenvalue weighted by molar-refractivity contribution is 8.00. The number of hydrogen-bond donors (Lipinski definition) is 0. The fourth-order valence-electron chi connectivity index (χ4n) is 3.94. The second-order valence-corrected chi connectivity index (χ2v) is 11.3. The summed E-state index contributed by atoms with van der Waals surface area (Å²) < 4.78 is 8.50. The topological polar surface area (TPSA) is 52.8 Å². The maximum Gasteiger partial charge on any atom is 0.130 e. The van der Waals surface area contributed by atoms with E-state index in [0.29, 0.717) is 6.61 Å². The Hall–Kier alpha value is -3.64. The number of nitrogens with zero attached hydrogens (tertiary/aromatic N) is 4. The molecular weight excluding hydrogens is 452 g/mol. The monoisotopic (exact) mass is 480 g/mol. The number of pyridine rings is 1. The summed E-state index contributed by atoms with van der Waals surface area (Å²) >= 11 is 1.88. The van der Waals surface area contributed by atoms with Crippen molar-refractivity contribution < 1.29 is 4.74 Å². The van der Waals surface area contributed by atoms with Crippen LogP contribution in [0.1, 0.15) is 32.0 Å². The lowest BCUT2D eigenvalue weighted by Gasteiger charge is -2.16. The molecule has 0 N–H and O–H groups in total. The van der Waals surface area contributed by atoms with Gasteiger partial charge in [-0.1, -0.05) is 51.1 Å². The quantitative estimate of drug-likeness (QED) is 0.235. The van der Waals surface area contributed by atoms with Crippen LogP contribution in [-0.4, -0.2) is 24.3 Å². The molecule has 176 valence electrons. The Bertz CT molecular complexity index is 1410. The van der Waals surface area contributed by atoms with Gasteiger partial charge in [-0.15, -0.1) is 11.8 Å². The van der Waals surface area contributed by atoms with Crippen molar-refractivity contribution in [3.05, 3.63) is 103 Å². The van der Waals surface area contributed by atoms with E-state index < -0.39 is 0 Å². The van der Waals surface area contributed by atoms with Crippen molar-refractivity contribution in [2.75, 3.05) is 0 Å². The van der Waals surface area contributed by atoms with Crippen molar-refractivity contribution in [2.24, 2.45) is 0 Å². The van der Waals surface area contributed by atoms with E-state index in [1.165, 1.54) is 21.4 Å². The molecule has 0 saturated carbocycles. The third-order valence-corrected chi connectivity index (χ3v) is 6.67. The largest absolute Gasteiger partial charge is 0.487 e. The first-order valence-corrected chi connectivity index (χ1v) is 12.5. The van der Waals surface area contributed by atoms with Crippen molar-refractivity contribution in [3.63, 3.8) is 0 Å². The van der Waals surface area contributed by atoms with E-state index in [4.69, 9.17) is 4.74 Å². The first-order valence-electron chi connectivity index (χ1n) is 11.6. The Morgan fingerprint density at radius 1 is 0.914 bits per heavy atom. The van der Waals surface area contributed by atoms with Crippen LogP contribution in [0.2, 0.25) is 0 Å². The summed E-state index contributed by atoms with van der Waals surface area (Å²) in [4.78, 5) is 14.2.